The summed E-state index contributed by atoms with van der Waals surface area (Å²) in [6, 6.07) is 6.25. The SMILES string of the molecule is Cc1ccc(CC(=O)CCN(C)C)cc1C. The lowest BCUT2D eigenvalue weighted by atomic mass is 10.0. The first-order valence-corrected chi connectivity index (χ1v) is 5.71. The molecule has 2 heteroatoms. The smallest absolute Gasteiger partial charge is 0.138 e. The highest BCUT2D eigenvalue weighted by Gasteiger charge is 2.05. The van der Waals surface area contributed by atoms with Gasteiger partial charge >= 0.3 is 0 Å². The van der Waals surface area contributed by atoms with E-state index in [0.717, 1.165) is 12.1 Å². The number of carbonyl (C=O) groups excluding carboxylic acids is 1. The van der Waals surface area contributed by atoms with Crippen molar-refractivity contribution in [2.24, 2.45) is 0 Å². The minimum Gasteiger partial charge on any atom is -0.309 e. The molecule has 1 aromatic rings. The number of Topliss-reactive ketones (excluding diaryl/α,β-unsaturated/α-hetero) is 1. The number of nitrogens with zero attached hydrogens (tertiary/aromatic N) is 1. The molecule has 0 bridgehead atoms. The number of benzene rings is 1. The van der Waals surface area contributed by atoms with E-state index < -0.39 is 0 Å². The zero-order valence-corrected chi connectivity index (χ0v) is 10.7. The van der Waals surface area contributed by atoms with Crippen LogP contribution < -0.4 is 0 Å². The fourth-order valence-corrected chi connectivity index (χ4v) is 1.58. The third-order valence-electron chi connectivity index (χ3n) is 2.81. The lowest BCUT2D eigenvalue weighted by Crippen LogP contribution is -2.17. The summed E-state index contributed by atoms with van der Waals surface area (Å²) in [5, 5.41) is 0. The van der Waals surface area contributed by atoms with E-state index in [0.29, 0.717) is 18.6 Å². The van der Waals surface area contributed by atoms with Gasteiger partial charge in [0.25, 0.3) is 0 Å². The minimum absolute atomic E-state index is 0.317. The predicted molar refractivity (Wildman–Crippen MR) is 67.8 cm³/mol. The molecule has 0 aliphatic heterocycles. The molecule has 0 saturated carbocycles. The largest absolute Gasteiger partial charge is 0.309 e. The van der Waals surface area contributed by atoms with Gasteiger partial charge in [-0.1, -0.05) is 18.2 Å². The topological polar surface area (TPSA) is 20.3 Å². The average molecular weight is 219 g/mol. The molecule has 0 radical (unpaired) electrons. The maximum Gasteiger partial charge on any atom is 0.138 e. The van der Waals surface area contributed by atoms with Crippen molar-refractivity contribution in [2.75, 3.05) is 20.6 Å². The standard InChI is InChI=1S/C14H21NO/c1-11-5-6-13(9-12(11)2)10-14(16)7-8-15(3)4/h5-6,9H,7-8,10H2,1-4H3. The Labute approximate surface area is 98.3 Å². The number of rotatable bonds is 5. The Bertz CT molecular complexity index is 369. The van der Waals surface area contributed by atoms with Gasteiger partial charge in [0.2, 0.25) is 0 Å². The van der Waals surface area contributed by atoms with Gasteiger partial charge in [-0.15, -0.1) is 0 Å². The van der Waals surface area contributed by atoms with Crippen LogP contribution >= 0.6 is 0 Å². The van der Waals surface area contributed by atoms with Gasteiger partial charge in [-0.3, -0.25) is 4.79 Å². The van der Waals surface area contributed by atoms with E-state index in [2.05, 4.69) is 32.0 Å². The number of ketones is 1. The maximum atomic E-state index is 11.7. The highest BCUT2D eigenvalue weighted by atomic mass is 16.1. The van der Waals surface area contributed by atoms with Gasteiger partial charge in [0.15, 0.2) is 0 Å². The van der Waals surface area contributed by atoms with Gasteiger partial charge in [0.1, 0.15) is 5.78 Å². The summed E-state index contributed by atoms with van der Waals surface area (Å²) >= 11 is 0. The molecule has 0 aliphatic carbocycles. The Morgan fingerprint density at radius 3 is 2.44 bits per heavy atom. The molecule has 0 unspecified atom stereocenters. The lowest BCUT2D eigenvalue weighted by Gasteiger charge is -2.09. The molecule has 0 aliphatic rings. The van der Waals surface area contributed by atoms with Gasteiger partial charge < -0.3 is 4.90 Å². The molecule has 88 valence electrons. The second-order valence-corrected chi connectivity index (χ2v) is 4.69. The van der Waals surface area contributed by atoms with Gasteiger partial charge in [-0.05, 0) is 44.6 Å². The minimum atomic E-state index is 0.317. The van der Waals surface area contributed by atoms with Crippen molar-refractivity contribution in [3.8, 4) is 0 Å². The molecule has 0 amide bonds. The van der Waals surface area contributed by atoms with Crippen molar-refractivity contribution in [2.45, 2.75) is 26.7 Å². The zero-order chi connectivity index (χ0) is 12.1. The summed E-state index contributed by atoms with van der Waals surface area (Å²) in [5.74, 6) is 0.317. The Hall–Kier alpha value is -1.15. The van der Waals surface area contributed by atoms with Crippen LogP contribution in [0.3, 0.4) is 0 Å². The van der Waals surface area contributed by atoms with Crippen molar-refractivity contribution in [3.05, 3.63) is 34.9 Å². The number of hydrogen-bond acceptors (Lipinski definition) is 2. The summed E-state index contributed by atoms with van der Waals surface area (Å²) in [5.41, 5.74) is 3.68. The summed E-state index contributed by atoms with van der Waals surface area (Å²) in [7, 11) is 3.98. The van der Waals surface area contributed by atoms with E-state index in [1.54, 1.807) is 0 Å². The van der Waals surface area contributed by atoms with Crippen LogP contribution in [0.25, 0.3) is 0 Å². The summed E-state index contributed by atoms with van der Waals surface area (Å²) in [6.45, 7) is 5.01. The van der Waals surface area contributed by atoms with E-state index in [9.17, 15) is 4.79 Å². The fourth-order valence-electron chi connectivity index (χ4n) is 1.58. The van der Waals surface area contributed by atoms with Gasteiger partial charge in [0.05, 0.1) is 0 Å². The Balaban J connectivity index is 2.53. The molecule has 1 aromatic carbocycles. The van der Waals surface area contributed by atoms with Crippen LogP contribution in [0.5, 0.6) is 0 Å². The zero-order valence-electron chi connectivity index (χ0n) is 10.7. The van der Waals surface area contributed by atoms with Gasteiger partial charge in [0, 0.05) is 19.4 Å². The molecule has 0 fully saturated rings. The Kier molecular flexibility index (Phi) is 4.69. The predicted octanol–water partition coefficient (Wildman–Crippen LogP) is 2.37. The van der Waals surface area contributed by atoms with E-state index in [1.165, 1.54) is 11.1 Å². The van der Waals surface area contributed by atoms with Crippen LogP contribution in [-0.4, -0.2) is 31.3 Å². The first-order chi connectivity index (χ1) is 7.49. The third kappa shape index (κ3) is 4.15. The number of hydrogen-bond donors (Lipinski definition) is 0. The lowest BCUT2D eigenvalue weighted by molar-refractivity contribution is -0.118. The summed E-state index contributed by atoms with van der Waals surface area (Å²) in [6.07, 6.45) is 1.20. The molecule has 2 nitrogen and oxygen atoms in total. The van der Waals surface area contributed by atoms with Crippen molar-refractivity contribution in [3.63, 3.8) is 0 Å². The van der Waals surface area contributed by atoms with Crippen LogP contribution in [0.1, 0.15) is 23.1 Å². The van der Waals surface area contributed by atoms with Crippen LogP contribution in [0.2, 0.25) is 0 Å². The monoisotopic (exact) mass is 219 g/mol. The highest BCUT2D eigenvalue weighted by molar-refractivity contribution is 5.81. The quantitative estimate of drug-likeness (QED) is 0.757. The van der Waals surface area contributed by atoms with Gasteiger partial charge in [-0.25, -0.2) is 0 Å². The molecule has 0 spiro atoms. The third-order valence-corrected chi connectivity index (χ3v) is 2.81. The van der Waals surface area contributed by atoms with Crippen molar-refractivity contribution < 1.29 is 4.79 Å². The Morgan fingerprint density at radius 1 is 1.19 bits per heavy atom. The van der Waals surface area contributed by atoms with Gasteiger partial charge in [-0.2, -0.15) is 0 Å². The summed E-state index contributed by atoms with van der Waals surface area (Å²) in [4.78, 5) is 13.7. The molecule has 0 N–H and O–H groups in total. The Morgan fingerprint density at radius 2 is 1.88 bits per heavy atom. The molecular weight excluding hydrogens is 198 g/mol. The van der Waals surface area contributed by atoms with E-state index in [1.807, 2.05) is 19.0 Å². The van der Waals surface area contributed by atoms with Crippen molar-refractivity contribution in [1.29, 1.82) is 0 Å². The van der Waals surface area contributed by atoms with Crippen molar-refractivity contribution >= 4 is 5.78 Å². The number of aryl methyl sites for hydroxylation is 2. The van der Waals surface area contributed by atoms with E-state index >= 15 is 0 Å². The van der Waals surface area contributed by atoms with Crippen LogP contribution in [0, 0.1) is 13.8 Å². The molecule has 0 heterocycles. The normalized spacial score (nSPS) is 10.8. The van der Waals surface area contributed by atoms with E-state index in [-0.39, 0.29) is 0 Å². The van der Waals surface area contributed by atoms with Crippen LogP contribution in [-0.2, 0) is 11.2 Å². The first kappa shape index (κ1) is 12.9. The van der Waals surface area contributed by atoms with Crippen LogP contribution in [0.4, 0.5) is 0 Å². The molecule has 0 atom stereocenters. The van der Waals surface area contributed by atoms with Crippen molar-refractivity contribution in [1.82, 2.24) is 4.90 Å². The second-order valence-electron chi connectivity index (χ2n) is 4.69. The summed E-state index contributed by atoms with van der Waals surface area (Å²) < 4.78 is 0. The molecule has 1 rings (SSSR count). The fraction of sp³-hybridized carbons (Fsp3) is 0.500. The second kappa shape index (κ2) is 5.80. The molecule has 16 heavy (non-hydrogen) atoms. The highest BCUT2D eigenvalue weighted by Crippen LogP contribution is 2.11. The maximum absolute atomic E-state index is 11.7. The number of carbonyl (C=O) groups is 1. The molecular formula is C14H21NO. The average Bonchev–Trinajstić information content (AvgIpc) is 2.21. The first-order valence-electron chi connectivity index (χ1n) is 5.71. The van der Waals surface area contributed by atoms with Crippen LogP contribution in [0.15, 0.2) is 18.2 Å². The molecule has 0 saturated heterocycles. The molecule has 0 aromatic heterocycles. The van der Waals surface area contributed by atoms with E-state index in [4.69, 9.17) is 0 Å².